The van der Waals surface area contributed by atoms with Crippen LogP contribution in [0.2, 0.25) is 0 Å². The number of amides is 1. The highest BCUT2D eigenvalue weighted by molar-refractivity contribution is 7.89. The van der Waals surface area contributed by atoms with Crippen LogP contribution in [0.15, 0.2) is 53.4 Å². The van der Waals surface area contributed by atoms with Gasteiger partial charge in [0.1, 0.15) is 0 Å². The lowest BCUT2D eigenvalue weighted by molar-refractivity contribution is -0.123. The fraction of sp³-hybridized carbons (Fsp3) is 0.333. The Morgan fingerprint density at radius 3 is 2.45 bits per heavy atom. The highest BCUT2D eigenvalue weighted by Crippen LogP contribution is 2.22. The smallest absolute Gasteiger partial charge is 0.338 e. The minimum atomic E-state index is -3.64. The van der Waals surface area contributed by atoms with Crippen molar-refractivity contribution in [2.75, 3.05) is 18.4 Å². The van der Waals surface area contributed by atoms with Crippen molar-refractivity contribution >= 4 is 27.6 Å². The normalized spacial score (nSPS) is 15.7. The van der Waals surface area contributed by atoms with Crippen molar-refractivity contribution in [2.24, 2.45) is 0 Å². The molecule has 1 aliphatic rings. The summed E-state index contributed by atoms with van der Waals surface area (Å²) in [5, 5.41) is 2.69. The van der Waals surface area contributed by atoms with Crippen molar-refractivity contribution in [3.8, 4) is 0 Å². The molecule has 0 radical (unpaired) electrons. The molecule has 0 aliphatic carbocycles. The number of hydrogen-bond donors (Lipinski definition) is 1. The molecule has 1 aliphatic heterocycles. The summed E-state index contributed by atoms with van der Waals surface area (Å²) in [4.78, 5) is 24.8. The van der Waals surface area contributed by atoms with Crippen molar-refractivity contribution in [3.63, 3.8) is 0 Å². The second-order valence-corrected chi connectivity index (χ2v) is 8.98. The molecule has 154 valence electrons. The molecular weight excluding hydrogens is 392 g/mol. The lowest BCUT2D eigenvalue weighted by Crippen LogP contribution is -2.30. The molecule has 1 saturated heterocycles. The quantitative estimate of drug-likeness (QED) is 0.731. The number of aryl methyl sites for hydroxylation is 1. The first kappa shape index (κ1) is 21.0. The summed E-state index contributed by atoms with van der Waals surface area (Å²) < 4.78 is 32.0. The number of sulfonamides is 1. The molecule has 0 bridgehead atoms. The molecule has 1 fully saturated rings. The standard InChI is InChI=1S/C21H24N2O5S/c1-15-7-5-9-18(13-15)22-20(24)16(2)28-21(25)17-8-6-10-19(14-17)29(26,27)23-11-3-4-12-23/h5-10,13-14,16H,3-4,11-12H2,1-2H3,(H,22,24)/t16-/m0/s1. The van der Waals surface area contributed by atoms with Crippen molar-refractivity contribution in [1.29, 1.82) is 0 Å². The molecule has 1 amide bonds. The van der Waals surface area contributed by atoms with Crippen LogP contribution >= 0.6 is 0 Å². The van der Waals surface area contributed by atoms with Gasteiger partial charge in [-0.15, -0.1) is 0 Å². The van der Waals surface area contributed by atoms with Crippen LogP contribution < -0.4 is 5.32 Å². The zero-order valence-electron chi connectivity index (χ0n) is 16.4. The van der Waals surface area contributed by atoms with E-state index in [1.54, 1.807) is 12.1 Å². The largest absolute Gasteiger partial charge is 0.449 e. The van der Waals surface area contributed by atoms with Gasteiger partial charge in [-0.1, -0.05) is 18.2 Å². The van der Waals surface area contributed by atoms with E-state index in [9.17, 15) is 18.0 Å². The van der Waals surface area contributed by atoms with Crippen molar-refractivity contribution < 1.29 is 22.7 Å². The fourth-order valence-corrected chi connectivity index (χ4v) is 4.67. The topological polar surface area (TPSA) is 92.8 Å². The predicted octanol–water partition coefficient (Wildman–Crippen LogP) is 2.96. The first-order valence-electron chi connectivity index (χ1n) is 9.46. The van der Waals surface area contributed by atoms with E-state index in [2.05, 4.69) is 5.32 Å². The summed E-state index contributed by atoms with van der Waals surface area (Å²) in [6, 6.07) is 13.0. The number of carbonyl (C=O) groups is 2. The number of nitrogens with one attached hydrogen (secondary N) is 1. The van der Waals surface area contributed by atoms with Gasteiger partial charge in [-0.05, 0) is 62.6 Å². The van der Waals surface area contributed by atoms with E-state index in [0.717, 1.165) is 18.4 Å². The molecule has 1 N–H and O–H groups in total. The number of carbonyl (C=O) groups excluding carboxylic acids is 2. The molecule has 0 aromatic heterocycles. The van der Waals surface area contributed by atoms with E-state index >= 15 is 0 Å². The number of nitrogens with zero attached hydrogens (tertiary/aromatic N) is 1. The Hall–Kier alpha value is -2.71. The number of anilines is 1. The maximum absolute atomic E-state index is 12.7. The Morgan fingerprint density at radius 1 is 1.07 bits per heavy atom. The van der Waals surface area contributed by atoms with E-state index in [4.69, 9.17) is 4.74 Å². The average molecular weight is 416 g/mol. The third-order valence-electron chi connectivity index (χ3n) is 4.71. The first-order chi connectivity index (χ1) is 13.8. The lowest BCUT2D eigenvalue weighted by atomic mass is 10.2. The highest BCUT2D eigenvalue weighted by Gasteiger charge is 2.28. The second kappa shape index (κ2) is 8.75. The zero-order valence-corrected chi connectivity index (χ0v) is 17.2. The molecular formula is C21H24N2O5S. The van der Waals surface area contributed by atoms with E-state index in [-0.39, 0.29) is 10.5 Å². The molecule has 7 nitrogen and oxygen atoms in total. The van der Waals surface area contributed by atoms with E-state index in [1.165, 1.54) is 35.5 Å². The summed E-state index contributed by atoms with van der Waals surface area (Å²) >= 11 is 0. The van der Waals surface area contributed by atoms with E-state index in [0.29, 0.717) is 18.8 Å². The van der Waals surface area contributed by atoms with Crippen molar-refractivity contribution in [1.82, 2.24) is 4.31 Å². The summed E-state index contributed by atoms with van der Waals surface area (Å²) in [6.07, 6.45) is 0.616. The molecule has 0 unspecified atom stereocenters. The highest BCUT2D eigenvalue weighted by atomic mass is 32.2. The Balaban J connectivity index is 1.68. The third kappa shape index (κ3) is 5.02. The Kier molecular flexibility index (Phi) is 6.34. The van der Waals surface area contributed by atoms with Gasteiger partial charge < -0.3 is 10.1 Å². The number of hydrogen-bond acceptors (Lipinski definition) is 5. The third-order valence-corrected chi connectivity index (χ3v) is 6.61. The van der Waals surface area contributed by atoms with Crippen molar-refractivity contribution in [2.45, 2.75) is 37.7 Å². The Labute approximate surface area is 170 Å². The van der Waals surface area contributed by atoms with E-state index in [1.807, 2.05) is 19.1 Å². The van der Waals surface area contributed by atoms with Gasteiger partial charge >= 0.3 is 5.97 Å². The van der Waals surface area contributed by atoms with Gasteiger partial charge in [0.2, 0.25) is 10.0 Å². The fourth-order valence-electron chi connectivity index (χ4n) is 3.11. The van der Waals surface area contributed by atoms with Gasteiger partial charge in [-0.25, -0.2) is 13.2 Å². The zero-order chi connectivity index (χ0) is 21.0. The predicted molar refractivity (Wildman–Crippen MR) is 109 cm³/mol. The van der Waals surface area contributed by atoms with Gasteiger partial charge in [0.15, 0.2) is 6.10 Å². The first-order valence-corrected chi connectivity index (χ1v) is 10.9. The summed E-state index contributed by atoms with van der Waals surface area (Å²) in [6.45, 7) is 4.33. The van der Waals surface area contributed by atoms with Gasteiger partial charge in [0, 0.05) is 18.8 Å². The molecule has 0 saturated carbocycles. The average Bonchev–Trinajstić information content (AvgIpc) is 3.23. The molecule has 3 rings (SSSR count). The maximum atomic E-state index is 12.7. The second-order valence-electron chi connectivity index (χ2n) is 7.05. The number of esters is 1. The van der Waals surface area contributed by atoms with Crippen LogP contribution in [0.5, 0.6) is 0 Å². The number of benzene rings is 2. The van der Waals surface area contributed by atoms with E-state index < -0.39 is 28.0 Å². The number of rotatable bonds is 6. The minimum Gasteiger partial charge on any atom is -0.449 e. The summed E-state index contributed by atoms with van der Waals surface area (Å²) in [5.41, 5.74) is 1.68. The van der Waals surface area contributed by atoms with Crippen LogP contribution in [0.25, 0.3) is 0 Å². The molecule has 0 spiro atoms. The lowest BCUT2D eigenvalue weighted by Gasteiger charge is -2.16. The minimum absolute atomic E-state index is 0.0470. The molecule has 1 atom stereocenters. The monoisotopic (exact) mass is 416 g/mol. The molecule has 29 heavy (non-hydrogen) atoms. The van der Waals surface area contributed by atoms with Crippen LogP contribution in [0.4, 0.5) is 5.69 Å². The molecule has 2 aromatic carbocycles. The maximum Gasteiger partial charge on any atom is 0.338 e. The van der Waals surface area contributed by atoms with Crippen LogP contribution in [0.3, 0.4) is 0 Å². The van der Waals surface area contributed by atoms with Gasteiger partial charge in [-0.2, -0.15) is 4.31 Å². The SMILES string of the molecule is Cc1cccc(NC(=O)[C@H](C)OC(=O)c2cccc(S(=O)(=O)N3CCCC3)c2)c1. The van der Waals surface area contributed by atoms with Crippen molar-refractivity contribution in [3.05, 3.63) is 59.7 Å². The van der Waals surface area contributed by atoms with Gasteiger partial charge in [0.25, 0.3) is 5.91 Å². The van der Waals surface area contributed by atoms with Crippen LogP contribution in [-0.2, 0) is 19.6 Å². The Bertz CT molecular complexity index is 1010. The van der Waals surface area contributed by atoms with Crippen LogP contribution in [-0.4, -0.2) is 43.8 Å². The van der Waals surface area contributed by atoms with Crippen LogP contribution in [0.1, 0.15) is 35.7 Å². The summed E-state index contributed by atoms with van der Waals surface area (Å²) in [7, 11) is -3.64. The Morgan fingerprint density at radius 2 is 1.76 bits per heavy atom. The summed E-state index contributed by atoms with van der Waals surface area (Å²) in [5.74, 6) is -1.22. The van der Waals surface area contributed by atoms with Gasteiger partial charge in [0.05, 0.1) is 10.5 Å². The van der Waals surface area contributed by atoms with Crippen LogP contribution in [0, 0.1) is 6.92 Å². The number of ether oxygens (including phenoxy) is 1. The molecule has 8 heteroatoms. The van der Waals surface area contributed by atoms with Gasteiger partial charge in [-0.3, -0.25) is 4.79 Å². The molecule has 1 heterocycles. The molecule has 2 aromatic rings.